The first-order valence-electron chi connectivity index (χ1n) is 6.10. The summed E-state index contributed by atoms with van der Waals surface area (Å²) >= 11 is 0. The van der Waals surface area contributed by atoms with Crippen molar-refractivity contribution in [3.05, 3.63) is 0 Å². The van der Waals surface area contributed by atoms with Crippen LogP contribution in [-0.2, 0) is 19.4 Å². The summed E-state index contributed by atoms with van der Waals surface area (Å²) in [6.45, 7) is 2.06. The zero-order valence-electron chi connectivity index (χ0n) is 10.5. The van der Waals surface area contributed by atoms with E-state index < -0.39 is 33.5 Å². The number of amides is 1. The van der Waals surface area contributed by atoms with E-state index in [4.69, 9.17) is 5.11 Å². The fourth-order valence-electron chi connectivity index (χ4n) is 2.14. The van der Waals surface area contributed by atoms with Crippen LogP contribution in [0, 0.1) is 0 Å². The number of hydrogen-bond donors (Lipinski definition) is 1. The van der Waals surface area contributed by atoms with E-state index in [1.807, 2.05) is 0 Å². The SMILES string of the molecule is CCCS(=O)(=O)CC(=O)N1CCCCC1C(=O)O. The average Bonchev–Trinajstić information content (AvgIpc) is 2.28. The molecule has 1 atom stereocenters. The van der Waals surface area contributed by atoms with Gasteiger partial charge >= 0.3 is 5.97 Å². The molecule has 1 saturated heterocycles. The third-order valence-corrected chi connectivity index (χ3v) is 4.68. The van der Waals surface area contributed by atoms with E-state index in [1.165, 1.54) is 4.90 Å². The van der Waals surface area contributed by atoms with Crippen molar-refractivity contribution in [1.82, 2.24) is 4.90 Å². The molecule has 1 N–H and O–H groups in total. The first kappa shape index (κ1) is 14.9. The molecule has 0 spiro atoms. The number of carbonyl (C=O) groups excluding carboxylic acids is 1. The van der Waals surface area contributed by atoms with Crippen LogP contribution >= 0.6 is 0 Å². The van der Waals surface area contributed by atoms with Crippen LogP contribution in [-0.4, -0.2) is 54.4 Å². The second-order valence-electron chi connectivity index (χ2n) is 4.53. The summed E-state index contributed by atoms with van der Waals surface area (Å²) in [5, 5.41) is 9.02. The molecule has 0 aromatic rings. The molecule has 1 heterocycles. The minimum atomic E-state index is -3.41. The summed E-state index contributed by atoms with van der Waals surface area (Å²) in [5.74, 6) is -2.26. The average molecular weight is 277 g/mol. The molecule has 1 amide bonds. The van der Waals surface area contributed by atoms with Gasteiger partial charge in [-0.15, -0.1) is 0 Å². The highest BCUT2D eigenvalue weighted by Crippen LogP contribution is 2.17. The molecular formula is C11H19NO5S. The maximum atomic E-state index is 11.9. The number of sulfone groups is 1. The molecule has 18 heavy (non-hydrogen) atoms. The lowest BCUT2D eigenvalue weighted by Gasteiger charge is -2.32. The highest BCUT2D eigenvalue weighted by molar-refractivity contribution is 7.92. The Labute approximate surface area is 107 Å². The molecule has 1 rings (SSSR count). The van der Waals surface area contributed by atoms with E-state index in [1.54, 1.807) is 6.92 Å². The minimum Gasteiger partial charge on any atom is -0.480 e. The molecule has 0 saturated carbocycles. The molecule has 0 bridgehead atoms. The normalized spacial score (nSPS) is 20.7. The first-order chi connectivity index (χ1) is 8.37. The van der Waals surface area contributed by atoms with Crippen LogP contribution in [0.1, 0.15) is 32.6 Å². The maximum absolute atomic E-state index is 11.9. The van der Waals surface area contributed by atoms with Crippen molar-refractivity contribution in [2.45, 2.75) is 38.6 Å². The third-order valence-electron chi connectivity index (χ3n) is 2.97. The Morgan fingerprint density at radius 2 is 2.00 bits per heavy atom. The van der Waals surface area contributed by atoms with Crippen LogP contribution in [0.4, 0.5) is 0 Å². The van der Waals surface area contributed by atoms with Gasteiger partial charge in [-0.1, -0.05) is 6.92 Å². The molecule has 6 nitrogen and oxygen atoms in total. The van der Waals surface area contributed by atoms with Crippen LogP contribution in [0.15, 0.2) is 0 Å². The maximum Gasteiger partial charge on any atom is 0.326 e. The number of rotatable bonds is 5. The van der Waals surface area contributed by atoms with Crippen molar-refractivity contribution in [2.24, 2.45) is 0 Å². The predicted molar refractivity (Wildman–Crippen MR) is 65.9 cm³/mol. The van der Waals surface area contributed by atoms with Gasteiger partial charge in [0.1, 0.15) is 11.8 Å². The van der Waals surface area contributed by atoms with Crippen LogP contribution in [0.2, 0.25) is 0 Å². The molecule has 0 aromatic carbocycles. The molecular weight excluding hydrogens is 258 g/mol. The Hall–Kier alpha value is -1.11. The van der Waals surface area contributed by atoms with Crippen LogP contribution in [0.5, 0.6) is 0 Å². The Morgan fingerprint density at radius 1 is 1.33 bits per heavy atom. The third kappa shape index (κ3) is 3.97. The molecule has 7 heteroatoms. The monoisotopic (exact) mass is 277 g/mol. The van der Waals surface area contributed by atoms with Gasteiger partial charge in [-0.05, 0) is 25.7 Å². The van der Waals surface area contributed by atoms with Gasteiger partial charge in [0.15, 0.2) is 9.84 Å². The van der Waals surface area contributed by atoms with Gasteiger partial charge in [-0.25, -0.2) is 13.2 Å². The van der Waals surface area contributed by atoms with E-state index in [9.17, 15) is 18.0 Å². The van der Waals surface area contributed by atoms with E-state index >= 15 is 0 Å². The minimum absolute atomic E-state index is 0.0374. The predicted octanol–water partition coefficient (Wildman–Crippen LogP) is 0.277. The van der Waals surface area contributed by atoms with E-state index in [-0.39, 0.29) is 5.75 Å². The highest BCUT2D eigenvalue weighted by Gasteiger charge is 2.33. The summed E-state index contributed by atoms with van der Waals surface area (Å²) in [4.78, 5) is 24.1. The molecule has 0 aliphatic carbocycles. The number of nitrogens with zero attached hydrogens (tertiary/aromatic N) is 1. The number of likely N-dealkylation sites (tertiary alicyclic amines) is 1. The zero-order chi connectivity index (χ0) is 13.8. The second kappa shape index (κ2) is 6.17. The van der Waals surface area contributed by atoms with Gasteiger partial charge in [0.2, 0.25) is 5.91 Å². The smallest absolute Gasteiger partial charge is 0.326 e. The lowest BCUT2D eigenvalue weighted by molar-refractivity contribution is -0.151. The van der Waals surface area contributed by atoms with Crippen LogP contribution < -0.4 is 0 Å². The topological polar surface area (TPSA) is 91.8 Å². The number of piperidine rings is 1. The number of hydrogen-bond acceptors (Lipinski definition) is 4. The lowest BCUT2D eigenvalue weighted by atomic mass is 10.0. The number of carboxylic acids is 1. The lowest BCUT2D eigenvalue weighted by Crippen LogP contribution is -2.49. The Balaban J connectivity index is 2.72. The number of aliphatic carboxylic acids is 1. The van der Waals surface area contributed by atoms with Gasteiger partial charge in [0, 0.05) is 6.54 Å². The fraction of sp³-hybridized carbons (Fsp3) is 0.818. The zero-order valence-corrected chi connectivity index (χ0v) is 11.3. The van der Waals surface area contributed by atoms with Crippen molar-refractivity contribution in [3.8, 4) is 0 Å². The summed E-state index contributed by atoms with van der Waals surface area (Å²) in [5.41, 5.74) is 0. The van der Waals surface area contributed by atoms with E-state index in [2.05, 4.69) is 0 Å². The summed E-state index contributed by atoms with van der Waals surface area (Å²) in [6, 6.07) is -0.872. The molecule has 1 fully saturated rings. The van der Waals surface area contributed by atoms with Crippen LogP contribution in [0.25, 0.3) is 0 Å². The highest BCUT2D eigenvalue weighted by atomic mass is 32.2. The van der Waals surface area contributed by atoms with Crippen LogP contribution in [0.3, 0.4) is 0 Å². The van der Waals surface area contributed by atoms with Gasteiger partial charge in [0.05, 0.1) is 5.75 Å². The van der Waals surface area contributed by atoms with Gasteiger partial charge in [-0.3, -0.25) is 4.79 Å². The van der Waals surface area contributed by atoms with Crippen molar-refractivity contribution in [3.63, 3.8) is 0 Å². The quantitative estimate of drug-likeness (QED) is 0.779. The van der Waals surface area contributed by atoms with Gasteiger partial charge in [0.25, 0.3) is 0 Å². The summed E-state index contributed by atoms with van der Waals surface area (Å²) < 4.78 is 23.1. The molecule has 1 aliphatic heterocycles. The number of carbonyl (C=O) groups is 2. The first-order valence-corrected chi connectivity index (χ1v) is 7.92. The largest absolute Gasteiger partial charge is 0.480 e. The Morgan fingerprint density at radius 3 is 2.56 bits per heavy atom. The Bertz CT molecular complexity index is 417. The summed E-state index contributed by atoms with van der Waals surface area (Å²) in [7, 11) is -3.41. The molecule has 1 unspecified atom stereocenters. The molecule has 1 aliphatic rings. The number of carboxylic acid groups (broad SMARTS) is 1. The molecule has 104 valence electrons. The standard InChI is InChI=1S/C11H19NO5S/c1-2-7-18(16,17)8-10(13)12-6-4-3-5-9(12)11(14)15/h9H,2-8H2,1H3,(H,14,15). The van der Waals surface area contributed by atoms with Crippen molar-refractivity contribution in [2.75, 3.05) is 18.1 Å². The van der Waals surface area contributed by atoms with Gasteiger partial charge in [-0.2, -0.15) is 0 Å². The van der Waals surface area contributed by atoms with Crippen molar-refractivity contribution in [1.29, 1.82) is 0 Å². The van der Waals surface area contributed by atoms with E-state index in [0.717, 1.165) is 12.8 Å². The molecule has 0 aromatic heterocycles. The van der Waals surface area contributed by atoms with Crippen molar-refractivity contribution < 1.29 is 23.1 Å². The Kier molecular flexibility index (Phi) is 5.13. The summed E-state index contributed by atoms with van der Waals surface area (Å²) in [6.07, 6.45) is 2.33. The van der Waals surface area contributed by atoms with E-state index in [0.29, 0.717) is 19.4 Å². The van der Waals surface area contributed by atoms with Gasteiger partial charge < -0.3 is 10.0 Å². The fourth-order valence-corrected chi connectivity index (χ4v) is 3.45. The molecule has 0 radical (unpaired) electrons. The van der Waals surface area contributed by atoms with Crippen molar-refractivity contribution >= 4 is 21.7 Å². The second-order valence-corrected chi connectivity index (χ2v) is 6.71.